The lowest BCUT2D eigenvalue weighted by molar-refractivity contribution is -0.384. The Balaban J connectivity index is 2.13. The van der Waals surface area contributed by atoms with Crippen LogP contribution >= 0.6 is 0 Å². The van der Waals surface area contributed by atoms with Crippen LogP contribution in [0.3, 0.4) is 0 Å². The summed E-state index contributed by atoms with van der Waals surface area (Å²) >= 11 is 0. The number of nitro groups is 1. The van der Waals surface area contributed by atoms with E-state index in [-0.39, 0.29) is 23.8 Å². The monoisotopic (exact) mass is 378 g/mol. The number of carbonyl (C=O) groups is 1. The van der Waals surface area contributed by atoms with Crippen LogP contribution in [0.25, 0.3) is 0 Å². The molecule has 0 bridgehead atoms. The van der Waals surface area contributed by atoms with Crippen molar-refractivity contribution in [2.75, 3.05) is 25.0 Å². The lowest BCUT2D eigenvalue weighted by Gasteiger charge is -2.47. The smallest absolute Gasteiger partial charge is 0.322 e. The molecule has 1 aliphatic heterocycles. The second-order valence-electron chi connectivity index (χ2n) is 7.76. The number of piperazine rings is 1. The first-order chi connectivity index (χ1) is 12.6. The van der Waals surface area contributed by atoms with E-state index in [0.29, 0.717) is 25.3 Å². The molecule has 2 rings (SSSR count). The molecule has 0 aromatic heterocycles. The van der Waals surface area contributed by atoms with Crippen LogP contribution in [0.5, 0.6) is 0 Å². The van der Waals surface area contributed by atoms with Crippen molar-refractivity contribution < 1.29 is 14.8 Å². The number of nitrogens with zero attached hydrogens (tertiary/aromatic N) is 3. The van der Waals surface area contributed by atoms with Crippen molar-refractivity contribution in [3.8, 4) is 0 Å². The summed E-state index contributed by atoms with van der Waals surface area (Å²) in [5.41, 5.74) is -0.434. The maximum atomic E-state index is 12.8. The van der Waals surface area contributed by atoms with Crippen molar-refractivity contribution in [3.63, 3.8) is 0 Å². The molecule has 1 aromatic rings. The van der Waals surface area contributed by atoms with E-state index in [2.05, 4.69) is 17.1 Å². The Morgan fingerprint density at radius 1 is 1.30 bits per heavy atom. The molecule has 27 heavy (non-hydrogen) atoms. The minimum atomic E-state index is -0.793. The summed E-state index contributed by atoms with van der Waals surface area (Å²) in [7, 11) is 0. The average Bonchev–Trinajstić information content (AvgIpc) is 2.60. The van der Waals surface area contributed by atoms with Gasteiger partial charge in [0.15, 0.2) is 0 Å². The third-order valence-corrected chi connectivity index (χ3v) is 4.91. The van der Waals surface area contributed by atoms with Crippen LogP contribution in [-0.4, -0.2) is 63.2 Å². The van der Waals surface area contributed by atoms with E-state index in [9.17, 15) is 20.0 Å². The highest BCUT2D eigenvalue weighted by Crippen LogP contribution is 2.24. The van der Waals surface area contributed by atoms with Gasteiger partial charge in [0.2, 0.25) is 0 Å². The fourth-order valence-electron chi connectivity index (χ4n) is 3.58. The predicted molar refractivity (Wildman–Crippen MR) is 105 cm³/mol. The molecule has 1 aromatic carbocycles. The van der Waals surface area contributed by atoms with Gasteiger partial charge in [-0.05, 0) is 32.8 Å². The molecule has 0 spiro atoms. The Labute approximate surface area is 160 Å². The molecule has 0 radical (unpaired) electrons. The predicted octanol–water partition coefficient (Wildman–Crippen LogP) is 3.07. The number of nitrogens with one attached hydrogen (secondary N) is 1. The third-order valence-electron chi connectivity index (χ3n) is 4.91. The summed E-state index contributed by atoms with van der Waals surface area (Å²) in [4.78, 5) is 27.4. The van der Waals surface area contributed by atoms with Crippen molar-refractivity contribution in [3.05, 3.63) is 34.4 Å². The number of carbonyl (C=O) groups excluding carboxylic acids is 1. The molecule has 1 saturated heterocycles. The van der Waals surface area contributed by atoms with Crippen LogP contribution in [0, 0.1) is 10.1 Å². The highest BCUT2D eigenvalue weighted by atomic mass is 16.6. The number of aliphatic hydroxyl groups is 1. The SMILES string of the molecule is CC[C@H]1CN(C(=O)Nc2cccc([N+](=O)[O-])c2)[C@H](CC)CN1CC(C)(C)O. The van der Waals surface area contributed by atoms with Crippen molar-refractivity contribution >= 4 is 17.4 Å². The van der Waals surface area contributed by atoms with Crippen LogP contribution in [0.4, 0.5) is 16.2 Å². The molecule has 0 unspecified atom stereocenters. The van der Waals surface area contributed by atoms with Gasteiger partial charge < -0.3 is 15.3 Å². The molecule has 150 valence electrons. The first kappa shape index (κ1) is 21.1. The molecule has 1 heterocycles. The Bertz CT molecular complexity index is 674. The van der Waals surface area contributed by atoms with E-state index < -0.39 is 10.5 Å². The number of anilines is 1. The average molecular weight is 378 g/mol. The Morgan fingerprint density at radius 3 is 2.52 bits per heavy atom. The first-order valence-corrected chi connectivity index (χ1v) is 9.43. The number of urea groups is 1. The quantitative estimate of drug-likeness (QED) is 0.585. The van der Waals surface area contributed by atoms with Gasteiger partial charge >= 0.3 is 6.03 Å². The standard InChI is InChI=1S/C19H30N4O4/c1-5-15-12-22(16(6-2)11-21(15)13-19(3,4)25)18(24)20-14-8-7-9-17(10-14)23(26)27/h7-10,15-16,25H,5-6,11-13H2,1-4H3,(H,20,24)/t15-,16+/m0/s1. The minimum Gasteiger partial charge on any atom is -0.389 e. The second-order valence-corrected chi connectivity index (χ2v) is 7.76. The molecule has 0 aliphatic carbocycles. The van der Waals surface area contributed by atoms with Gasteiger partial charge in [-0.1, -0.05) is 19.9 Å². The van der Waals surface area contributed by atoms with Gasteiger partial charge in [-0.2, -0.15) is 0 Å². The summed E-state index contributed by atoms with van der Waals surface area (Å²) in [5.74, 6) is 0. The number of benzene rings is 1. The maximum absolute atomic E-state index is 12.8. The molecule has 8 heteroatoms. The van der Waals surface area contributed by atoms with Gasteiger partial charge in [-0.3, -0.25) is 15.0 Å². The van der Waals surface area contributed by atoms with Crippen LogP contribution < -0.4 is 5.32 Å². The molecule has 2 amide bonds. The van der Waals surface area contributed by atoms with E-state index in [1.54, 1.807) is 26.0 Å². The van der Waals surface area contributed by atoms with E-state index >= 15 is 0 Å². The van der Waals surface area contributed by atoms with Gasteiger partial charge in [0, 0.05) is 49.5 Å². The molecule has 0 saturated carbocycles. The molecular formula is C19H30N4O4. The molecule has 2 N–H and O–H groups in total. The van der Waals surface area contributed by atoms with Crippen molar-refractivity contribution in [1.82, 2.24) is 9.80 Å². The van der Waals surface area contributed by atoms with Crippen LogP contribution in [0.15, 0.2) is 24.3 Å². The van der Waals surface area contributed by atoms with E-state index in [4.69, 9.17) is 0 Å². The summed E-state index contributed by atoms with van der Waals surface area (Å²) in [6, 6.07) is 5.90. The van der Waals surface area contributed by atoms with Gasteiger partial charge in [-0.25, -0.2) is 4.79 Å². The summed E-state index contributed by atoms with van der Waals surface area (Å²) in [5, 5.41) is 23.9. The van der Waals surface area contributed by atoms with Crippen LogP contribution in [0.2, 0.25) is 0 Å². The van der Waals surface area contributed by atoms with Crippen LogP contribution in [0.1, 0.15) is 40.5 Å². The highest BCUT2D eigenvalue weighted by molar-refractivity contribution is 5.90. The number of nitro benzene ring substituents is 1. The number of β-amino-alcohol motifs (C(OH)–C–C–N with tert-alkyl or cyclic N) is 1. The highest BCUT2D eigenvalue weighted by Gasteiger charge is 2.36. The van der Waals surface area contributed by atoms with Crippen molar-refractivity contribution in [2.45, 2.75) is 58.2 Å². The minimum absolute atomic E-state index is 0.0221. The Kier molecular flexibility index (Phi) is 6.78. The van der Waals surface area contributed by atoms with Gasteiger partial charge in [0.05, 0.1) is 10.5 Å². The molecule has 2 atom stereocenters. The van der Waals surface area contributed by atoms with Crippen molar-refractivity contribution in [1.29, 1.82) is 0 Å². The van der Waals surface area contributed by atoms with Gasteiger partial charge in [0.1, 0.15) is 0 Å². The largest absolute Gasteiger partial charge is 0.389 e. The van der Waals surface area contributed by atoms with E-state index in [1.165, 1.54) is 12.1 Å². The topological polar surface area (TPSA) is 99.0 Å². The fraction of sp³-hybridized carbons (Fsp3) is 0.632. The zero-order chi connectivity index (χ0) is 20.2. The zero-order valence-electron chi connectivity index (χ0n) is 16.5. The first-order valence-electron chi connectivity index (χ1n) is 9.43. The summed E-state index contributed by atoms with van der Waals surface area (Å²) < 4.78 is 0. The maximum Gasteiger partial charge on any atom is 0.322 e. The zero-order valence-corrected chi connectivity index (χ0v) is 16.5. The van der Waals surface area contributed by atoms with Crippen LogP contribution in [-0.2, 0) is 0 Å². The number of hydrogen-bond donors (Lipinski definition) is 2. The number of hydrogen-bond acceptors (Lipinski definition) is 5. The van der Waals surface area contributed by atoms with Gasteiger partial charge in [-0.15, -0.1) is 0 Å². The third kappa shape index (κ3) is 5.64. The number of amides is 2. The Hall–Kier alpha value is -2.19. The second kappa shape index (κ2) is 8.67. The van der Waals surface area contributed by atoms with Gasteiger partial charge in [0.25, 0.3) is 5.69 Å². The van der Waals surface area contributed by atoms with E-state index in [1.807, 2.05) is 11.8 Å². The van der Waals surface area contributed by atoms with E-state index in [0.717, 1.165) is 12.8 Å². The Morgan fingerprint density at radius 2 is 1.96 bits per heavy atom. The lowest BCUT2D eigenvalue weighted by Crippen LogP contribution is -2.62. The molecule has 1 fully saturated rings. The summed E-state index contributed by atoms with van der Waals surface area (Å²) in [6.45, 7) is 9.51. The normalized spacial score (nSPS) is 21.1. The molecular weight excluding hydrogens is 348 g/mol. The lowest BCUT2D eigenvalue weighted by atomic mass is 10.00. The number of non-ortho nitro benzene ring substituents is 1. The van der Waals surface area contributed by atoms with Crippen molar-refractivity contribution in [2.24, 2.45) is 0 Å². The molecule has 8 nitrogen and oxygen atoms in total. The fourth-order valence-corrected chi connectivity index (χ4v) is 3.58. The summed E-state index contributed by atoms with van der Waals surface area (Å²) in [6.07, 6.45) is 1.66. The molecule has 1 aliphatic rings. The number of rotatable bonds is 6.